The Morgan fingerprint density at radius 2 is 1.53 bits per heavy atom. The number of alkyl halides is 3. The van der Waals surface area contributed by atoms with E-state index in [-0.39, 0.29) is 5.56 Å². The van der Waals surface area contributed by atoms with Crippen LogP contribution >= 0.6 is 0 Å². The van der Waals surface area contributed by atoms with E-state index in [0.29, 0.717) is 39.8 Å². The van der Waals surface area contributed by atoms with Gasteiger partial charge in [-0.05, 0) is 62.4 Å². The fourth-order valence-electron chi connectivity index (χ4n) is 4.44. The van der Waals surface area contributed by atoms with Crippen molar-refractivity contribution < 1.29 is 22.4 Å². The molecule has 5 rings (SSSR count). The van der Waals surface area contributed by atoms with Crippen LogP contribution in [0.4, 0.5) is 23.4 Å². The summed E-state index contributed by atoms with van der Waals surface area (Å²) >= 11 is 0. The second-order valence-corrected chi connectivity index (χ2v) is 8.76. The van der Waals surface area contributed by atoms with E-state index in [1.165, 1.54) is 28.9 Å². The lowest BCUT2D eigenvalue weighted by atomic mass is 10.1. The number of hydrogen-bond acceptors (Lipinski definition) is 2. The molecular weight excluding hydrogens is 496 g/mol. The predicted octanol–water partition coefficient (Wildman–Crippen LogP) is 7.36. The molecule has 0 spiro atoms. The molecule has 3 aromatic carbocycles. The fourth-order valence-corrected chi connectivity index (χ4v) is 4.44. The number of nitrogens with zero attached hydrogens (tertiary/aromatic N) is 3. The first-order valence-corrected chi connectivity index (χ1v) is 11.7. The van der Waals surface area contributed by atoms with Gasteiger partial charge in [0.25, 0.3) is 5.91 Å². The van der Waals surface area contributed by atoms with E-state index in [9.17, 15) is 22.4 Å². The summed E-state index contributed by atoms with van der Waals surface area (Å²) in [4.78, 5) is 12.9. The van der Waals surface area contributed by atoms with E-state index >= 15 is 0 Å². The van der Waals surface area contributed by atoms with Crippen LogP contribution in [0.3, 0.4) is 0 Å². The van der Waals surface area contributed by atoms with Crippen molar-refractivity contribution in [3.8, 4) is 22.6 Å². The lowest BCUT2D eigenvalue weighted by Gasteiger charge is -2.13. The smallest absolute Gasteiger partial charge is 0.318 e. The monoisotopic (exact) mass is 518 g/mol. The third-order valence-corrected chi connectivity index (χ3v) is 6.21. The topological polar surface area (TPSA) is 51.9 Å². The summed E-state index contributed by atoms with van der Waals surface area (Å²) in [5, 5.41) is 7.44. The van der Waals surface area contributed by atoms with Gasteiger partial charge in [0.15, 0.2) is 0 Å². The predicted molar refractivity (Wildman–Crippen MR) is 137 cm³/mol. The van der Waals surface area contributed by atoms with Gasteiger partial charge in [-0.3, -0.25) is 4.79 Å². The number of benzene rings is 3. The molecule has 0 atom stereocenters. The van der Waals surface area contributed by atoms with E-state index in [0.717, 1.165) is 12.1 Å². The second kappa shape index (κ2) is 9.66. The molecule has 0 saturated carbocycles. The lowest BCUT2D eigenvalue weighted by molar-refractivity contribution is -0.137. The Morgan fingerprint density at radius 3 is 2.24 bits per heavy atom. The summed E-state index contributed by atoms with van der Waals surface area (Å²) in [5.74, 6) is -0.981. The number of aromatic nitrogens is 3. The number of halogens is 4. The Kier molecular flexibility index (Phi) is 6.36. The maximum atomic E-state index is 14.2. The zero-order valence-corrected chi connectivity index (χ0v) is 20.4. The van der Waals surface area contributed by atoms with Gasteiger partial charge < -0.3 is 9.88 Å². The van der Waals surface area contributed by atoms with Crippen LogP contribution in [-0.2, 0) is 6.18 Å². The number of rotatable bonds is 5. The van der Waals surface area contributed by atoms with Crippen molar-refractivity contribution in [2.45, 2.75) is 20.0 Å². The van der Waals surface area contributed by atoms with Crippen molar-refractivity contribution >= 4 is 11.7 Å². The van der Waals surface area contributed by atoms with Crippen LogP contribution in [0.5, 0.6) is 0 Å². The highest BCUT2D eigenvalue weighted by atomic mass is 19.4. The van der Waals surface area contributed by atoms with Gasteiger partial charge in [0.1, 0.15) is 11.6 Å². The highest BCUT2D eigenvalue weighted by molar-refractivity contribution is 6.04. The molecule has 0 aliphatic carbocycles. The van der Waals surface area contributed by atoms with Crippen LogP contribution in [0.1, 0.15) is 27.3 Å². The van der Waals surface area contributed by atoms with Crippen molar-refractivity contribution in [2.24, 2.45) is 0 Å². The molecule has 1 amide bonds. The van der Waals surface area contributed by atoms with Crippen molar-refractivity contribution in [2.75, 3.05) is 5.32 Å². The average molecular weight is 519 g/mol. The molecular formula is C29H22F4N4O. The van der Waals surface area contributed by atoms with Gasteiger partial charge in [-0.15, -0.1) is 0 Å². The molecule has 5 nitrogen and oxygen atoms in total. The SMILES string of the molecule is Cc1cc(-c2cc(NC(=O)c3ccccc3F)n(-c3ccccc3)n2)c(C)n1-c1cccc(C(F)(F)F)c1. The van der Waals surface area contributed by atoms with Crippen LogP contribution in [0, 0.1) is 19.7 Å². The van der Waals surface area contributed by atoms with Crippen LogP contribution < -0.4 is 5.32 Å². The number of nitrogens with one attached hydrogen (secondary N) is 1. The van der Waals surface area contributed by atoms with Gasteiger partial charge in [-0.25, -0.2) is 9.07 Å². The molecule has 0 aliphatic heterocycles. The molecule has 2 heterocycles. The summed E-state index contributed by atoms with van der Waals surface area (Å²) in [7, 11) is 0. The minimum absolute atomic E-state index is 0.113. The number of para-hydroxylation sites is 1. The number of anilines is 1. The van der Waals surface area contributed by atoms with Gasteiger partial charge in [0, 0.05) is 28.7 Å². The van der Waals surface area contributed by atoms with Crippen molar-refractivity contribution in [3.63, 3.8) is 0 Å². The average Bonchev–Trinajstić information content (AvgIpc) is 3.44. The maximum absolute atomic E-state index is 14.2. The third-order valence-electron chi connectivity index (χ3n) is 6.21. The quantitative estimate of drug-likeness (QED) is 0.247. The van der Waals surface area contributed by atoms with E-state index in [2.05, 4.69) is 5.32 Å². The molecule has 0 bridgehead atoms. The number of aryl methyl sites for hydroxylation is 1. The first kappa shape index (κ1) is 25.0. The van der Waals surface area contributed by atoms with Gasteiger partial charge in [0.05, 0.1) is 22.5 Å². The molecule has 9 heteroatoms. The highest BCUT2D eigenvalue weighted by Crippen LogP contribution is 2.34. The molecule has 38 heavy (non-hydrogen) atoms. The summed E-state index contributed by atoms with van der Waals surface area (Å²) in [5.41, 5.74) is 2.73. The summed E-state index contributed by atoms with van der Waals surface area (Å²) < 4.78 is 57.5. The maximum Gasteiger partial charge on any atom is 0.416 e. The van der Waals surface area contributed by atoms with E-state index in [4.69, 9.17) is 5.10 Å². The molecule has 0 saturated heterocycles. The van der Waals surface area contributed by atoms with Gasteiger partial charge in [-0.2, -0.15) is 18.3 Å². The van der Waals surface area contributed by atoms with Gasteiger partial charge in [-0.1, -0.05) is 36.4 Å². The Morgan fingerprint density at radius 1 is 0.842 bits per heavy atom. The van der Waals surface area contributed by atoms with Gasteiger partial charge >= 0.3 is 6.18 Å². The summed E-state index contributed by atoms with van der Waals surface area (Å²) in [6.45, 7) is 3.59. The van der Waals surface area contributed by atoms with Crippen LogP contribution in [0.15, 0.2) is 91.0 Å². The molecule has 2 aromatic heterocycles. The standard InChI is InChI=1S/C29H22F4N4O/c1-18-15-24(19(2)36(18)22-12-8-9-20(16-22)29(31,32)33)26-17-27(37(35-26)21-10-4-3-5-11-21)34-28(38)23-13-6-7-14-25(23)30/h3-17H,1-2H3,(H,34,38). The number of amides is 1. The minimum Gasteiger partial charge on any atom is -0.318 e. The van der Waals surface area contributed by atoms with E-state index in [1.807, 2.05) is 24.3 Å². The van der Waals surface area contributed by atoms with Gasteiger partial charge in [0.2, 0.25) is 0 Å². The van der Waals surface area contributed by atoms with E-state index < -0.39 is 23.5 Å². The Balaban J connectivity index is 1.59. The molecule has 5 aromatic rings. The molecule has 0 aliphatic rings. The zero-order valence-electron chi connectivity index (χ0n) is 20.4. The number of carbonyl (C=O) groups is 1. The second-order valence-electron chi connectivity index (χ2n) is 8.76. The van der Waals surface area contributed by atoms with Crippen molar-refractivity contribution in [1.29, 1.82) is 0 Å². The summed E-state index contributed by atoms with van der Waals surface area (Å²) in [6, 6.07) is 23.4. The molecule has 1 N–H and O–H groups in total. The third kappa shape index (κ3) is 4.70. The van der Waals surface area contributed by atoms with Crippen LogP contribution in [0.25, 0.3) is 22.6 Å². The van der Waals surface area contributed by atoms with E-state index in [1.54, 1.807) is 48.7 Å². The Bertz CT molecular complexity index is 1630. The highest BCUT2D eigenvalue weighted by Gasteiger charge is 2.31. The van der Waals surface area contributed by atoms with Crippen LogP contribution in [-0.4, -0.2) is 20.3 Å². The lowest BCUT2D eigenvalue weighted by Crippen LogP contribution is -2.16. The molecule has 0 fully saturated rings. The first-order valence-electron chi connectivity index (χ1n) is 11.7. The largest absolute Gasteiger partial charge is 0.416 e. The Labute approximate surface area is 216 Å². The van der Waals surface area contributed by atoms with Crippen LogP contribution in [0.2, 0.25) is 0 Å². The van der Waals surface area contributed by atoms with Crippen molar-refractivity contribution in [1.82, 2.24) is 14.3 Å². The first-order chi connectivity index (χ1) is 18.1. The minimum atomic E-state index is -4.46. The normalized spacial score (nSPS) is 11.5. The van der Waals surface area contributed by atoms with Crippen molar-refractivity contribution in [3.05, 3.63) is 119 Å². The zero-order chi connectivity index (χ0) is 27.0. The molecule has 0 radical (unpaired) electrons. The molecule has 192 valence electrons. The molecule has 0 unspecified atom stereocenters. The summed E-state index contributed by atoms with van der Waals surface area (Å²) in [6.07, 6.45) is -4.46. The fraction of sp³-hybridized carbons (Fsp3) is 0.103. The number of carbonyl (C=O) groups excluding carboxylic acids is 1. The number of hydrogen-bond donors (Lipinski definition) is 1. The Hall–Kier alpha value is -4.66.